The van der Waals surface area contributed by atoms with Crippen LogP contribution in [0.1, 0.15) is 36.4 Å². The second-order valence-corrected chi connectivity index (χ2v) is 7.53. The van der Waals surface area contributed by atoms with E-state index in [0.29, 0.717) is 23.7 Å². The minimum atomic E-state index is 0.202. The summed E-state index contributed by atoms with van der Waals surface area (Å²) < 4.78 is 0. The van der Waals surface area contributed by atoms with Crippen LogP contribution in [0.4, 0.5) is 5.95 Å². The van der Waals surface area contributed by atoms with Crippen LogP contribution in [0.3, 0.4) is 0 Å². The molecule has 136 valence electrons. The molecule has 2 fully saturated rings. The van der Waals surface area contributed by atoms with Gasteiger partial charge in [0.25, 0.3) is 0 Å². The van der Waals surface area contributed by atoms with E-state index in [9.17, 15) is 4.79 Å². The Morgan fingerprint density at radius 1 is 1.19 bits per heavy atom. The highest BCUT2D eigenvalue weighted by Gasteiger charge is 2.45. The van der Waals surface area contributed by atoms with Crippen molar-refractivity contribution in [3.8, 4) is 0 Å². The van der Waals surface area contributed by atoms with Gasteiger partial charge in [-0.1, -0.05) is 30.3 Å². The van der Waals surface area contributed by atoms with Crippen LogP contribution in [0.5, 0.6) is 0 Å². The molecule has 0 spiro atoms. The molecule has 1 N–H and O–H groups in total. The van der Waals surface area contributed by atoms with Crippen molar-refractivity contribution < 1.29 is 4.79 Å². The molecule has 1 saturated carbocycles. The molecule has 26 heavy (non-hydrogen) atoms. The number of nitrogens with one attached hydrogen (secondary N) is 1. The summed E-state index contributed by atoms with van der Waals surface area (Å²) in [6.45, 7) is 4.59. The monoisotopic (exact) mass is 350 g/mol. The molecular formula is C21H26N4O. The Morgan fingerprint density at radius 3 is 2.69 bits per heavy atom. The van der Waals surface area contributed by atoms with Gasteiger partial charge in [-0.05, 0) is 49.7 Å². The molecule has 2 aromatic rings. The van der Waals surface area contributed by atoms with Crippen molar-refractivity contribution in [2.24, 2.45) is 11.8 Å². The topological polar surface area (TPSA) is 58.1 Å². The fraction of sp³-hybridized carbons (Fsp3) is 0.476. The van der Waals surface area contributed by atoms with E-state index in [4.69, 9.17) is 0 Å². The molecule has 1 aliphatic carbocycles. The molecule has 4 rings (SSSR count). The van der Waals surface area contributed by atoms with Gasteiger partial charge < -0.3 is 10.2 Å². The molecule has 2 aliphatic rings. The van der Waals surface area contributed by atoms with Gasteiger partial charge in [-0.25, -0.2) is 9.97 Å². The highest BCUT2D eigenvalue weighted by molar-refractivity contribution is 5.83. The zero-order chi connectivity index (χ0) is 17.9. The van der Waals surface area contributed by atoms with Gasteiger partial charge in [0.2, 0.25) is 11.9 Å². The molecule has 0 bridgehead atoms. The molecule has 1 amide bonds. The average Bonchev–Trinajstić information content (AvgIpc) is 3.48. The van der Waals surface area contributed by atoms with Crippen molar-refractivity contribution in [3.63, 3.8) is 0 Å². The zero-order valence-electron chi connectivity index (χ0n) is 15.3. The summed E-state index contributed by atoms with van der Waals surface area (Å²) in [5.74, 6) is 2.26. The Morgan fingerprint density at radius 2 is 1.96 bits per heavy atom. The predicted molar refractivity (Wildman–Crippen MR) is 102 cm³/mol. The van der Waals surface area contributed by atoms with E-state index in [1.54, 1.807) is 6.20 Å². The van der Waals surface area contributed by atoms with Crippen LogP contribution in [0.2, 0.25) is 0 Å². The van der Waals surface area contributed by atoms with Crippen LogP contribution >= 0.6 is 0 Å². The highest BCUT2D eigenvalue weighted by Crippen LogP contribution is 2.48. The Labute approximate surface area is 154 Å². The Bertz CT molecular complexity index is 756. The zero-order valence-corrected chi connectivity index (χ0v) is 15.3. The largest absolute Gasteiger partial charge is 0.354 e. The van der Waals surface area contributed by atoms with Crippen molar-refractivity contribution in [3.05, 3.63) is 53.9 Å². The van der Waals surface area contributed by atoms with E-state index in [0.717, 1.165) is 44.6 Å². The summed E-state index contributed by atoms with van der Waals surface area (Å²) in [7, 11) is 0. The van der Waals surface area contributed by atoms with E-state index >= 15 is 0 Å². The molecule has 1 aromatic carbocycles. The molecule has 1 aliphatic heterocycles. The van der Waals surface area contributed by atoms with E-state index in [2.05, 4.69) is 44.5 Å². The van der Waals surface area contributed by atoms with Crippen molar-refractivity contribution in [1.29, 1.82) is 0 Å². The average molecular weight is 350 g/mol. The number of amides is 1. The molecule has 2 heterocycles. The lowest BCUT2D eigenvalue weighted by atomic mass is 9.96. The molecular weight excluding hydrogens is 324 g/mol. The Kier molecular flexibility index (Phi) is 4.87. The number of nitrogens with zero attached hydrogens (tertiary/aromatic N) is 3. The third-order valence-electron chi connectivity index (χ3n) is 5.61. The first-order chi connectivity index (χ1) is 12.7. The predicted octanol–water partition coefficient (Wildman–Crippen LogP) is 3.24. The summed E-state index contributed by atoms with van der Waals surface area (Å²) >= 11 is 0. The maximum Gasteiger partial charge on any atom is 0.226 e. The number of aromatic nitrogens is 2. The van der Waals surface area contributed by atoms with E-state index < -0.39 is 0 Å². The number of anilines is 1. The summed E-state index contributed by atoms with van der Waals surface area (Å²) in [6, 6.07) is 12.3. The number of likely N-dealkylation sites (tertiary alicyclic amines) is 1. The van der Waals surface area contributed by atoms with E-state index in [1.807, 2.05) is 19.1 Å². The van der Waals surface area contributed by atoms with Crippen LogP contribution in [-0.4, -0.2) is 40.4 Å². The van der Waals surface area contributed by atoms with Gasteiger partial charge in [-0.3, -0.25) is 4.79 Å². The van der Waals surface area contributed by atoms with Gasteiger partial charge in [-0.15, -0.1) is 0 Å². The molecule has 1 aromatic heterocycles. The molecule has 1 unspecified atom stereocenters. The van der Waals surface area contributed by atoms with E-state index in [1.165, 1.54) is 5.56 Å². The van der Waals surface area contributed by atoms with Crippen molar-refractivity contribution >= 4 is 11.9 Å². The number of rotatable bonds is 5. The molecule has 5 nitrogen and oxygen atoms in total. The molecule has 2 atom stereocenters. The van der Waals surface area contributed by atoms with E-state index in [-0.39, 0.29) is 5.92 Å². The lowest BCUT2D eigenvalue weighted by molar-refractivity contribution is -0.134. The summed E-state index contributed by atoms with van der Waals surface area (Å²) in [5.41, 5.74) is 2.28. The first-order valence-corrected chi connectivity index (χ1v) is 9.58. The van der Waals surface area contributed by atoms with Gasteiger partial charge in [-0.2, -0.15) is 0 Å². The lowest BCUT2D eigenvalue weighted by Crippen LogP contribution is -2.40. The third-order valence-corrected chi connectivity index (χ3v) is 5.61. The first-order valence-electron chi connectivity index (χ1n) is 9.58. The summed E-state index contributed by atoms with van der Waals surface area (Å²) in [5, 5.41) is 3.34. The van der Waals surface area contributed by atoms with Gasteiger partial charge in [0, 0.05) is 37.4 Å². The number of hydrogen-bond donors (Lipinski definition) is 1. The van der Waals surface area contributed by atoms with Crippen LogP contribution < -0.4 is 5.32 Å². The lowest BCUT2D eigenvalue weighted by Gasteiger charge is -2.32. The number of aryl methyl sites for hydroxylation is 1. The fourth-order valence-corrected chi connectivity index (χ4v) is 3.90. The van der Waals surface area contributed by atoms with Crippen LogP contribution in [0.25, 0.3) is 0 Å². The number of carbonyl (C=O) groups excluding carboxylic acids is 1. The maximum atomic E-state index is 12.8. The Balaban J connectivity index is 1.23. The highest BCUT2D eigenvalue weighted by atomic mass is 16.2. The summed E-state index contributed by atoms with van der Waals surface area (Å²) in [4.78, 5) is 23.5. The quantitative estimate of drug-likeness (QED) is 0.899. The first kappa shape index (κ1) is 17.0. The summed E-state index contributed by atoms with van der Waals surface area (Å²) in [6.07, 6.45) is 4.89. The van der Waals surface area contributed by atoms with Crippen LogP contribution in [0, 0.1) is 18.8 Å². The number of hydrogen-bond acceptors (Lipinski definition) is 4. The smallest absolute Gasteiger partial charge is 0.226 e. The Hall–Kier alpha value is -2.43. The number of benzene rings is 1. The minimum absolute atomic E-state index is 0.202. The SMILES string of the molecule is Cc1ccnc(NCC2CCN(C(=O)[C@@H]3CC3c3ccccc3)CC2)n1. The molecule has 5 heteroatoms. The number of piperidine rings is 1. The van der Waals surface area contributed by atoms with Gasteiger partial charge in [0.05, 0.1) is 0 Å². The van der Waals surface area contributed by atoms with Crippen molar-refractivity contribution in [2.45, 2.75) is 32.1 Å². The van der Waals surface area contributed by atoms with Crippen molar-refractivity contribution in [2.75, 3.05) is 25.0 Å². The second kappa shape index (κ2) is 7.44. The normalized spacial score (nSPS) is 22.9. The van der Waals surface area contributed by atoms with Gasteiger partial charge in [0.15, 0.2) is 0 Å². The fourth-order valence-electron chi connectivity index (χ4n) is 3.90. The number of carbonyl (C=O) groups is 1. The second-order valence-electron chi connectivity index (χ2n) is 7.53. The van der Waals surface area contributed by atoms with Gasteiger partial charge >= 0.3 is 0 Å². The standard InChI is InChI=1S/C21H26N4O/c1-15-7-10-22-21(24-15)23-14-16-8-11-25(12-9-16)20(26)19-13-18(19)17-5-3-2-4-6-17/h2-7,10,16,18-19H,8-9,11-14H2,1H3,(H,22,23,24)/t18?,19-/m1/s1. The minimum Gasteiger partial charge on any atom is -0.354 e. The van der Waals surface area contributed by atoms with Crippen LogP contribution in [0.15, 0.2) is 42.6 Å². The third kappa shape index (κ3) is 3.87. The van der Waals surface area contributed by atoms with Crippen molar-refractivity contribution in [1.82, 2.24) is 14.9 Å². The van der Waals surface area contributed by atoms with Crippen LogP contribution in [-0.2, 0) is 4.79 Å². The molecule has 0 radical (unpaired) electrons. The maximum absolute atomic E-state index is 12.8. The molecule has 1 saturated heterocycles. The van der Waals surface area contributed by atoms with Gasteiger partial charge in [0.1, 0.15) is 0 Å².